The third kappa shape index (κ3) is 1.83. The number of rotatable bonds is 1. The van der Waals surface area contributed by atoms with E-state index >= 15 is 0 Å². The van der Waals surface area contributed by atoms with Crippen molar-refractivity contribution in [2.24, 2.45) is 0 Å². The normalized spacial score (nSPS) is 11.8. The van der Waals surface area contributed by atoms with Crippen LogP contribution in [0.4, 0.5) is 22.0 Å². The Balaban J connectivity index is 3.84. The minimum Gasteiger partial charge on any atom is -0.237 e. The minimum atomic E-state index is -5.02. The maximum Gasteiger partial charge on any atom is 0.262 e. The van der Waals surface area contributed by atoms with Crippen molar-refractivity contribution in [3.05, 3.63) is 29.1 Å². The largest absolute Gasteiger partial charge is 0.262 e. The van der Waals surface area contributed by atoms with E-state index < -0.39 is 43.7 Å². The highest BCUT2D eigenvalue weighted by atomic mass is 32.2. The van der Waals surface area contributed by atoms with E-state index in [1.54, 1.807) is 0 Å². The summed E-state index contributed by atoms with van der Waals surface area (Å²) in [6.45, 7) is 0. The molecule has 0 bridgehead atoms. The standard InChI is InChI=1S/C6BF5O2S/c7-15(13,14)6-4(11)2(9)1(8)3(10)5(6)12. The molecule has 0 amide bonds. The number of halogens is 5. The lowest BCUT2D eigenvalue weighted by Gasteiger charge is -2.05. The summed E-state index contributed by atoms with van der Waals surface area (Å²) < 4.78 is 83.8. The van der Waals surface area contributed by atoms with Crippen LogP contribution in [-0.2, 0) is 9.69 Å². The second kappa shape index (κ2) is 3.48. The molecule has 0 heterocycles. The van der Waals surface area contributed by atoms with Crippen molar-refractivity contribution >= 4 is 16.8 Å². The molecular weight excluding hydrogens is 242 g/mol. The molecule has 0 aromatic heterocycles. The highest BCUT2D eigenvalue weighted by Crippen LogP contribution is 2.25. The molecule has 1 rings (SSSR count). The zero-order valence-corrected chi connectivity index (χ0v) is 7.51. The van der Waals surface area contributed by atoms with Gasteiger partial charge in [-0.05, 0) is 0 Å². The summed E-state index contributed by atoms with van der Waals surface area (Å²) in [5, 5.41) is 0. The molecule has 80 valence electrons. The fraction of sp³-hybridized carbons (Fsp3) is 0. The van der Waals surface area contributed by atoms with Crippen molar-refractivity contribution in [3.63, 3.8) is 0 Å². The van der Waals surface area contributed by atoms with Gasteiger partial charge in [0.2, 0.25) is 5.82 Å². The van der Waals surface area contributed by atoms with Crippen molar-refractivity contribution in [1.82, 2.24) is 0 Å². The summed E-state index contributed by atoms with van der Waals surface area (Å²) in [6.07, 6.45) is 0. The van der Waals surface area contributed by atoms with E-state index in [9.17, 15) is 30.4 Å². The molecule has 0 atom stereocenters. The molecule has 0 saturated heterocycles. The van der Waals surface area contributed by atoms with Gasteiger partial charge in [-0.3, -0.25) is 0 Å². The summed E-state index contributed by atoms with van der Waals surface area (Å²) in [4.78, 5) is -2.04. The van der Waals surface area contributed by atoms with Crippen molar-refractivity contribution < 1.29 is 30.4 Å². The lowest BCUT2D eigenvalue weighted by atomic mass is 10.3. The summed E-state index contributed by atoms with van der Waals surface area (Å²) in [5.74, 6) is -12.1. The fourth-order valence-corrected chi connectivity index (χ4v) is 1.51. The second-order valence-corrected chi connectivity index (χ2v) is 3.94. The van der Waals surface area contributed by atoms with Crippen LogP contribution in [0, 0.1) is 29.1 Å². The topological polar surface area (TPSA) is 34.1 Å². The van der Waals surface area contributed by atoms with Crippen LogP contribution in [0.25, 0.3) is 0 Å². The summed E-state index contributed by atoms with van der Waals surface area (Å²) in [7, 11) is -0.740. The van der Waals surface area contributed by atoms with Gasteiger partial charge in [-0.2, -0.15) is 0 Å². The molecular formula is C6BF5O2S. The minimum absolute atomic E-state index is 2.04. The summed E-state index contributed by atoms with van der Waals surface area (Å²) in [6, 6.07) is 0. The third-order valence-corrected chi connectivity index (χ3v) is 2.38. The first-order valence-electron chi connectivity index (χ1n) is 3.22. The van der Waals surface area contributed by atoms with Crippen LogP contribution in [0.2, 0.25) is 0 Å². The first-order valence-corrected chi connectivity index (χ1v) is 4.76. The molecule has 0 aliphatic rings. The van der Waals surface area contributed by atoms with Gasteiger partial charge in [0, 0.05) is 0 Å². The van der Waals surface area contributed by atoms with E-state index in [-0.39, 0.29) is 0 Å². The van der Waals surface area contributed by atoms with E-state index in [1.807, 2.05) is 0 Å². The van der Waals surface area contributed by atoms with E-state index in [0.717, 1.165) is 0 Å². The van der Waals surface area contributed by atoms with Gasteiger partial charge in [0.1, 0.15) is 14.6 Å². The van der Waals surface area contributed by atoms with Crippen LogP contribution in [0.3, 0.4) is 0 Å². The third-order valence-electron chi connectivity index (χ3n) is 1.45. The van der Waals surface area contributed by atoms with Crippen molar-refractivity contribution in [2.45, 2.75) is 4.90 Å². The van der Waals surface area contributed by atoms with Gasteiger partial charge >= 0.3 is 0 Å². The van der Waals surface area contributed by atoms with Crippen LogP contribution >= 0.6 is 0 Å². The zero-order chi connectivity index (χ0) is 12.0. The maximum atomic E-state index is 12.7. The van der Waals surface area contributed by atoms with Crippen LogP contribution in [0.5, 0.6) is 0 Å². The summed E-state index contributed by atoms with van der Waals surface area (Å²) >= 11 is 0. The number of benzene rings is 1. The molecule has 0 aliphatic carbocycles. The van der Waals surface area contributed by atoms with Crippen LogP contribution in [-0.4, -0.2) is 15.5 Å². The SMILES string of the molecule is [B]S(=O)(=O)c1c(F)c(F)c(F)c(F)c1F. The molecule has 0 aliphatic heterocycles. The van der Waals surface area contributed by atoms with E-state index in [0.29, 0.717) is 0 Å². The molecule has 1 aromatic carbocycles. The van der Waals surface area contributed by atoms with Gasteiger partial charge in [0.15, 0.2) is 23.3 Å². The Morgan fingerprint density at radius 3 is 1.27 bits per heavy atom. The van der Waals surface area contributed by atoms with E-state index in [1.165, 1.54) is 0 Å². The zero-order valence-electron chi connectivity index (χ0n) is 6.69. The second-order valence-electron chi connectivity index (χ2n) is 2.44. The van der Waals surface area contributed by atoms with Gasteiger partial charge < -0.3 is 0 Å². The molecule has 2 nitrogen and oxygen atoms in total. The van der Waals surface area contributed by atoms with Gasteiger partial charge in [-0.15, -0.1) is 0 Å². The smallest absolute Gasteiger partial charge is 0.237 e. The average molecular weight is 242 g/mol. The maximum absolute atomic E-state index is 12.7. The quantitative estimate of drug-likeness (QED) is 0.321. The molecule has 2 radical (unpaired) electrons. The van der Waals surface area contributed by atoms with Crippen molar-refractivity contribution in [3.8, 4) is 0 Å². The molecule has 9 heteroatoms. The Morgan fingerprint density at radius 1 is 0.733 bits per heavy atom. The van der Waals surface area contributed by atoms with Crippen molar-refractivity contribution in [1.29, 1.82) is 0 Å². The lowest BCUT2D eigenvalue weighted by molar-refractivity contribution is 0.358. The molecule has 0 unspecified atom stereocenters. The van der Waals surface area contributed by atoms with Gasteiger partial charge in [0.25, 0.3) is 7.12 Å². The Kier molecular flexibility index (Phi) is 2.77. The Labute approximate surface area is 81.9 Å². The Morgan fingerprint density at radius 2 is 1.00 bits per heavy atom. The molecule has 15 heavy (non-hydrogen) atoms. The predicted octanol–water partition coefficient (Wildman–Crippen LogP) is 1.24. The van der Waals surface area contributed by atoms with E-state index in [2.05, 4.69) is 7.12 Å². The number of hydrogen-bond donors (Lipinski definition) is 0. The van der Waals surface area contributed by atoms with Crippen molar-refractivity contribution in [2.75, 3.05) is 0 Å². The van der Waals surface area contributed by atoms with Crippen LogP contribution in [0.15, 0.2) is 4.90 Å². The molecule has 1 aromatic rings. The summed E-state index contributed by atoms with van der Waals surface area (Å²) in [5.41, 5.74) is 0. The molecule has 0 saturated carbocycles. The van der Waals surface area contributed by atoms with Gasteiger partial charge in [-0.25, -0.2) is 30.4 Å². The molecule has 0 spiro atoms. The van der Waals surface area contributed by atoms with Crippen LogP contribution < -0.4 is 0 Å². The Bertz CT molecular complexity index is 498. The first kappa shape index (κ1) is 12.0. The van der Waals surface area contributed by atoms with Gasteiger partial charge in [-0.1, -0.05) is 0 Å². The molecule has 0 fully saturated rings. The molecule has 0 N–H and O–H groups in total. The average Bonchev–Trinajstić information content (AvgIpc) is 2.09. The predicted molar refractivity (Wildman–Crippen MR) is 39.2 cm³/mol. The monoisotopic (exact) mass is 242 g/mol. The first-order chi connectivity index (χ1) is 6.68. The number of hydrogen-bond acceptors (Lipinski definition) is 2. The van der Waals surface area contributed by atoms with E-state index in [4.69, 9.17) is 0 Å². The fourth-order valence-electron chi connectivity index (χ4n) is 0.835. The highest BCUT2D eigenvalue weighted by Gasteiger charge is 2.30. The lowest BCUT2D eigenvalue weighted by Crippen LogP contribution is -2.12. The van der Waals surface area contributed by atoms with Gasteiger partial charge in [0.05, 0.1) is 0 Å². The van der Waals surface area contributed by atoms with Crippen LogP contribution in [0.1, 0.15) is 0 Å². The Hall–Kier alpha value is -1.12. The highest BCUT2D eigenvalue weighted by molar-refractivity contribution is 8.12.